The van der Waals surface area contributed by atoms with Crippen LogP contribution in [0.4, 0.5) is 0 Å². The van der Waals surface area contributed by atoms with E-state index in [1.54, 1.807) is 18.2 Å². The van der Waals surface area contributed by atoms with E-state index >= 15 is 0 Å². The molecule has 3 saturated heterocycles. The van der Waals surface area contributed by atoms with Crippen molar-refractivity contribution >= 4 is 0 Å². The Morgan fingerprint density at radius 1 is 0.444 bits per heavy atom. The molecule has 0 aliphatic carbocycles. The van der Waals surface area contributed by atoms with Crippen LogP contribution in [0.3, 0.4) is 0 Å². The first-order chi connectivity index (χ1) is 17.4. The quantitative estimate of drug-likeness (QED) is 0.230. The van der Waals surface area contributed by atoms with E-state index in [2.05, 4.69) is 0 Å². The third kappa shape index (κ3) is 5.60. The normalized spacial score (nSPS) is 25.2. The Morgan fingerprint density at radius 2 is 0.639 bits per heavy atom. The predicted octanol–water partition coefficient (Wildman–Crippen LogP) is -1.26. The highest BCUT2D eigenvalue weighted by Gasteiger charge is 2.40. The second-order valence-corrected chi connectivity index (χ2v) is 10.2. The minimum Gasteiger partial charge on any atom is -0.396 e. The van der Waals surface area contributed by atoms with E-state index in [9.17, 15) is 30.6 Å². The summed E-state index contributed by atoms with van der Waals surface area (Å²) in [5.74, 6) is 0. The lowest BCUT2D eigenvalue weighted by Crippen LogP contribution is -2.45. The van der Waals surface area contributed by atoms with E-state index in [0.29, 0.717) is 16.7 Å². The SMILES string of the molecule is OCC1(CO)COC(c2cc(C3OCC(CO)(CO)CO3)cc(C3OCC(CO)(CO)CO3)c2)OC1. The molecule has 3 aliphatic heterocycles. The van der Waals surface area contributed by atoms with Gasteiger partial charge in [-0.1, -0.05) is 0 Å². The Morgan fingerprint density at radius 3 is 0.806 bits per heavy atom. The fourth-order valence-corrected chi connectivity index (χ4v) is 4.17. The van der Waals surface area contributed by atoms with Gasteiger partial charge >= 0.3 is 0 Å². The van der Waals surface area contributed by atoms with Gasteiger partial charge in [0.25, 0.3) is 0 Å². The van der Waals surface area contributed by atoms with Crippen LogP contribution in [0.15, 0.2) is 18.2 Å². The number of rotatable bonds is 9. The van der Waals surface area contributed by atoms with Crippen LogP contribution in [0, 0.1) is 16.2 Å². The smallest absolute Gasteiger partial charge is 0.183 e. The molecule has 6 N–H and O–H groups in total. The monoisotopic (exact) mass is 516 g/mol. The second kappa shape index (κ2) is 11.6. The lowest BCUT2D eigenvalue weighted by atomic mass is 9.91. The van der Waals surface area contributed by atoms with Crippen molar-refractivity contribution in [1.82, 2.24) is 0 Å². The summed E-state index contributed by atoms with van der Waals surface area (Å²) in [6.45, 7) is -1.21. The lowest BCUT2D eigenvalue weighted by Gasteiger charge is -2.40. The van der Waals surface area contributed by atoms with Crippen LogP contribution >= 0.6 is 0 Å². The Bertz CT molecular complexity index is 700. The number of hydrogen-bond acceptors (Lipinski definition) is 12. The first kappa shape index (κ1) is 27.8. The highest BCUT2D eigenvalue weighted by molar-refractivity contribution is 5.33. The molecule has 36 heavy (non-hydrogen) atoms. The fourth-order valence-electron chi connectivity index (χ4n) is 4.17. The Kier molecular flexibility index (Phi) is 8.98. The molecule has 3 aliphatic rings. The largest absolute Gasteiger partial charge is 0.396 e. The molecule has 0 radical (unpaired) electrons. The van der Waals surface area contributed by atoms with Crippen molar-refractivity contribution in [3.63, 3.8) is 0 Å². The first-order valence-electron chi connectivity index (χ1n) is 11.9. The van der Waals surface area contributed by atoms with Crippen LogP contribution in [0.5, 0.6) is 0 Å². The summed E-state index contributed by atoms with van der Waals surface area (Å²) in [4.78, 5) is 0. The molecule has 3 heterocycles. The molecule has 0 spiro atoms. The van der Waals surface area contributed by atoms with Gasteiger partial charge in [-0.05, 0) is 18.2 Å². The van der Waals surface area contributed by atoms with Gasteiger partial charge in [-0.15, -0.1) is 0 Å². The highest BCUT2D eigenvalue weighted by Crippen LogP contribution is 2.39. The van der Waals surface area contributed by atoms with Gasteiger partial charge in [-0.25, -0.2) is 0 Å². The number of aliphatic hydroxyl groups excluding tert-OH is 6. The first-order valence-corrected chi connectivity index (χ1v) is 11.9. The standard InChI is InChI=1S/C24H36O12/c25-4-22(5-26)10-31-19(32-11-22)16-1-17(20-33-12-23(6-27,7-28)13-34-20)3-18(2-16)21-35-14-24(8-29,9-30)15-36-21/h1-3,19-21,25-30H,4-15H2. The summed E-state index contributed by atoms with van der Waals surface area (Å²) in [7, 11) is 0. The molecule has 0 aromatic heterocycles. The van der Waals surface area contributed by atoms with Crippen molar-refractivity contribution < 1.29 is 59.1 Å². The average Bonchev–Trinajstić information content (AvgIpc) is 2.97. The van der Waals surface area contributed by atoms with Gasteiger partial charge < -0.3 is 59.1 Å². The van der Waals surface area contributed by atoms with Crippen LogP contribution < -0.4 is 0 Å². The van der Waals surface area contributed by atoms with Gasteiger partial charge in [-0.3, -0.25) is 0 Å². The van der Waals surface area contributed by atoms with E-state index < -0.39 is 35.1 Å². The summed E-state index contributed by atoms with van der Waals surface area (Å²) >= 11 is 0. The Hall–Kier alpha value is -1.26. The van der Waals surface area contributed by atoms with Gasteiger partial charge in [0.05, 0.1) is 95.5 Å². The minimum absolute atomic E-state index is 0.0854. The van der Waals surface area contributed by atoms with Crippen molar-refractivity contribution in [2.45, 2.75) is 18.9 Å². The third-order valence-electron chi connectivity index (χ3n) is 7.07. The van der Waals surface area contributed by atoms with Crippen LogP contribution in [-0.2, 0) is 28.4 Å². The summed E-state index contributed by atoms with van der Waals surface area (Å²) in [5, 5.41) is 57.8. The number of benzene rings is 1. The molecule has 4 rings (SSSR count). The van der Waals surface area contributed by atoms with E-state index in [-0.39, 0.29) is 79.3 Å². The third-order valence-corrected chi connectivity index (χ3v) is 7.07. The number of ether oxygens (including phenoxy) is 6. The second-order valence-electron chi connectivity index (χ2n) is 10.2. The van der Waals surface area contributed by atoms with Gasteiger partial charge in [0, 0.05) is 16.7 Å². The van der Waals surface area contributed by atoms with Crippen molar-refractivity contribution in [1.29, 1.82) is 0 Å². The molecular formula is C24H36O12. The van der Waals surface area contributed by atoms with E-state index in [4.69, 9.17) is 28.4 Å². The Balaban J connectivity index is 1.57. The summed E-state index contributed by atoms with van der Waals surface area (Å²) < 4.78 is 35.1. The molecule has 3 fully saturated rings. The maximum Gasteiger partial charge on any atom is 0.183 e. The predicted molar refractivity (Wildman–Crippen MR) is 120 cm³/mol. The van der Waals surface area contributed by atoms with Gasteiger partial charge in [-0.2, -0.15) is 0 Å². The number of aliphatic hydroxyl groups is 6. The van der Waals surface area contributed by atoms with Crippen molar-refractivity contribution in [2.24, 2.45) is 16.2 Å². The zero-order chi connectivity index (χ0) is 25.8. The van der Waals surface area contributed by atoms with Crippen molar-refractivity contribution in [2.75, 3.05) is 79.3 Å². The average molecular weight is 517 g/mol. The molecule has 0 bridgehead atoms. The van der Waals surface area contributed by atoms with Crippen LogP contribution in [0.25, 0.3) is 0 Å². The molecule has 0 amide bonds. The van der Waals surface area contributed by atoms with E-state index in [1.807, 2.05) is 0 Å². The summed E-state index contributed by atoms with van der Waals surface area (Å²) in [5.41, 5.74) is -0.857. The van der Waals surface area contributed by atoms with E-state index in [1.165, 1.54) is 0 Å². The zero-order valence-corrected chi connectivity index (χ0v) is 20.1. The van der Waals surface area contributed by atoms with Crippen molar-refractivity contribution in [3.8, 4) is 0 Å². The molecule has 1 aromatic carbocycles. The Labute approximate surface area is 208 Å². The number of hydrogen-bond donors (Lipinski definition) is 6. The summed E-state index contributed by atoms with van der Waals surface area (Å²) in [6.07, 6.45) is -2.40. The zero-order valence-electron chi connectivity index (χ0n) is 20.1. The molecule has 0 saturated carbocycles. The van der Waals surface area contributed by atoms with Crippen molar-refractivity contribution in [3.05, 3.63) is 34.9 Å². The lowest BCUT2D eigenvalue weighted by molar-refractivity contribution is -0.253. The molecular weight excluding hydrogens is 480 g/mol. The topological polar surface area (TPSA) is 177 Å². The van der Waals surface area contributed by atoms with Crippen LogP contribution in [0.1, 0.15) is 35.6 Å². The molecule has 204 valence electrons. The van der Waals surface area contributed by atoms with Gasteiger partial charge in [0.2, 0.25) is 0 Å². The minimum atomic E-state index is -0.891. The molecule has 0 atom stereocenters. The molecule has 0 unspecified atom stereocenters. The van der Waals surface area contributed by atoms with Crippen LogP contribution in [0.2, 0.25) is 0 Å². The fraction of sp³-hybridized carbons (Fsp3) is 0.750. The molecule has 12 heteroatoms. The maximum atomic E-state index is 9.64. The maximum absolute atomic E-state index is 9.64. The molecule has 12 nitrogen and oxygen atoms in total. The van der Waals surface area contributed by atoms with Gasteiger partial charge in [0.1, 0.15) is 0 Å². The van der Waals surface area contributed by atoms with Gasteiger partial charge in [0.15, 0.2) is 18.9 Å². The molecule has 1 aromatic rings. The highest BCUT2D eigenvalue weighted by atomic mass is 16.7. The summed E-state index contributed by atoms with van der Waals surface area (Å²) in [6, 6.07) is 5.34. The van der Waals surface area contributed by atoms with Crippen LogP contribution in [-0.4, -0.2) is 110 Å². The van der Waals surface area contributed by atoms with E-state index in [0.717, 1.165) is 0 Å².